The van der Waals surface area contributed by atoms with E-state index in [0.29, 0.717) is 40.3 Å². The minimum atomic E-state index is -1.28. The second kappa shape index (κ2) is 10.5. The third kappa shape index (κ3) is 5.37. The first-order valence-electron chi connectivity index (χ1n) is 11.9. The SMILES string of the molecule is O=C(O)Cc1ccc(Nc2nc(N3CCC(c4ccc(Cl)cc4)CC3)nc3c2[S@](=O)CCC3)c(F)c1. The van der Waals surface area contributed by atoms with Gasteiger partial charge in [-0.2, -0.15) is 4.98 Å². The summed E-state index contributed by atoms with van der Waals surface area (Å²) in [5.74, 6) is 0.217. The van der Waals surface area contributed by atoms with E-state index in [1.807, 2.05) is 12.1 Å². The Hall–Kier alpha value is -3.04. The fourth-order valence-electron chi connectivity index (χ4n) is 4.81. The van der Waals surface area contributed by atoms with Crippen molar-refractivity contribution in [1.29, 1.82) is 0 Å². The van der Waals surface area contributed by atoms with Crippen LogP contribution in [0.5, 0.6) is 0 Å². The molecule has 188 valence electrons. The maximum absolute atomic E-state index is 14.8. The molecule has 2 aliphatic heterocycles. The number of halogens is 2. The van der Waals surface area contributed by atoms with Gasteiger partial charge in [-0.3, -0.25) is 9.00 Å². The average Bonchev–Trinajstić information content (AvgIpc) is 2.86. The number of aryl methyl sites for hydroxylation is 1. The zero-order valence-electron chi connectivity index (χ0n) is 19.5. The summed E-state index contributed by atoms with van der Waals surface area (Å²) in [6.45, 7) is 1.54. The van der Waals surface area contributed by atoms with Gasteiger partial charge in [-0.25, -0.2) is 9.37 Å². The highest BCUT2D eigenvalue weighted by Gasteiger charge is 2.28. The van der Waals surface area contributed by atoms with Crippen LogP contribution < -0.4 is 10.2 Å². The highest BCUT2D eigenvalue weighted by molar-refractivity contribution is 7.85. The zero-order chi connectivity index (χ0) is 25.2. The molecule has 5 rings (SSSR count). The summed E-state index contributed by atoms with van der Waals surface area (Å²) < 4.78 is 27.7. The van der Waals surface area contributed by atoms with Gasteiger partial charge in [-0.15, -0.1) is 0 Å². The van der Waals surface area contributed by atoms with E-state index in [1.165, 1.54) is 17.7 Å². The smallest absolute Gasteiger partial charge is 0.307 e. The number of piperidine rings is 1. The number of nitrogens with zero attached hydrogens (tertiary/aromatic N) is 3. The number of aromatic nitrogens is 2. The molecule has 0 aliphatic carbocycles. The number of carbonyl (C=O) groups is 1. The van der Waals surface area contributed by atoms with Gasteiger partial charge >= 0.3 is 5.97 Å². The molecular formula is C26H26ClFN4O3S. The van der Waals surface area contributed by atoms with Crippen LogP contribution in [0.15, 0.2) is 47.4 Å². The molecule has 1 aromatic heterocycles. The Balaban J connectivity index is 1.40. The molecule has 2 aliphatic rings. The normalized spacial score (nSPS) is 18.1. The predicted molar refractivity (Wildman–Crippen MR) is 138 cm³/mol. The van der Waals surface area contributed by atoms with Crippen molar-refractivity contribution in [2.75, 3.05) is 29.1 Å². The molecular weight excluding hydrogens is 503 g/mol. The average molecular weight is 529 g/mol. The lowest BCUT2D eigenvalue weighted by molar-refractivity contribution is -0.136. The maximum atomic E-state index is 14.8. The number of carboxylic acid groups (broad SMARTS) is 1. The second-order valence-corrected chi connectivity index (χ2v) is 11.1. The Morgan fingerprint density at radius 2 is 1.92 bits per heavy atom. The fourth-order valence-corrected chi connectivity index (χ4v) is 6.27. The summed E-state index contributed by atoms with van der Waals surface area (Å²) in [7, 11) is -1.28. The van der Waals surface area contributed by atoms with Crippen LogP contribution in [-0.4, -0.2) is 44.1 Å². The Labute approximate surface area is 216 Å². The van der Waals surface area contributed by atoms with Gasteiger partial charge in [-0.1, -0.05) is 29.8 Å². The van der Waals surface area contributed by atoms with Gasteiger partial charge in [0.05, 0.1) is 28.6 Å². The first-order valence-corrected chi connectivity index (χ1v) is 13.6. The molecule has 2 N–H and O–H groups in total. The molecule has 1 saturated heterocycles. The number of nitrogens with one attached hydrogen (secondary N) is 1. The molecule has 1 atom stereocenters. The number of hydrogen-bond acceptors (Lipinski definition) is 6. The highest BCUT2D eigenvalue weighted by atomic mass is 35.5. The lowest BCUT2D eigenvalue weighted by atomic mass is 9.89. The number of rotatable bonds is 6. The number of aliphatic carboxylic acids is 1. The van der Waals surface area contributed by atoms with Gasteiger partial charge in [-0.05, 0) is 67.0 Å². The summed E-state index contributed by atoms with van der Waals surface area (Å²) in [6.07, 6.45) is 3.08. The lowest BCUT2D eigenvalue weighted by Gasteiger charge is -2.33. The van der Waals surface area contributed by atoms with E-state index in [-0.39, 0.29) is 12.1 Å². The van der Waals surface area contributed by atoms with Crippen molar-refractivity contribution in [2.24, 2.45) is 0 Å². The van der Waals surface area contributed by atoms with Crippen molar-refractivity contribution in [3.63, 3.8) is 0 Å². The van der Waals surface area contributed by atoms with Gasteiger partial charge in [0.15, 0.2) is 5.82 Å². The first kappa shape index (κ1) is 24.6. The van der Waals surface area contributed by atoms with Crippen LogP contribution in [0.2, 0.25) is 5.02 Å². The summed E-state index contributed by atoms with van der Waals surface area (Å²) in [6, 6.07) is 12.2. The molecule has 1 fully saturated rings. The van der Waals surface area contributed by atoms with Gasteiger partial charge < -0.3 is 15.3 Å². The van der Waals surface area contributed by atoms with Crippen LogP contribution in [0.3, 0.4) is 0 Å². The van der Waals surface area contributed by atoms with Gasteiger partial charge in [0.25, 0.3) is 0 Å². The number of carboxylic acids is 1. The standard InChI is InChI=1S/C26H26ClFN4O3S/c27-19-6-4-17(5-7-19)18-9-11-32(12-10-18)26-30-22-2-1-13-36(35)24(22)25(31-26)29-21-8-3-16(14-20(21)28)15-23(33)34/h3-8,14,18H,1-2,9-13,15H2,(H,33,34)(H,29,30,31)/t36-/m1/s1. The van der Waals surface area contributed by atoms with E-state index in [4.69, 9.17) is 26.7 Å². The third-order valence-electron chi connectivity index (χ3n) is 6.66. The third-order valence-corrected chi connectivity index (χ3v) is 8.45. The number of anilines is 3. The molecule has 3 aromatic rings. The quantitative estimate of drug-likeness (QED) is 0.460. The zero-order valence-corrected chi connectivity index (χ0v) is 21.1. The van der Waals surface area contributed by atoms with Crippen molar-refractivity contribution >= 4 is 45.8 Å². The molecule has 0 bridgehead atoms. The Morgan fingerprint density at radius 3 is 2.61 bits per heavy atom. The molecule has 0 radical (unpaired) electrons. The first-order chi connectivity index (χ1) is 17.4. The van der Waals surface area contributed by atoms with Crippen molar-refractivity contribution in [3.05, 3.63) is 70.1 Å². The van der Waals surface area contributed by atoms with E-state index >= 15 is 0 Å². The van der Waals surface area contributed by atoms with Gasteiger partial charge in [0, 0.05) is 23.9 Å². The molecule has 0 amide bonds. The Morgan fingerprint density at radius 1 is 1.17 bits per heavy atom. The Kier molecular flexibility index (Phi) is 7.20. The molecule has 2 aromatic carbocycles. The fraction of sp³-hybridized carbons (Fsp3) is 0.346. The van der Waals surface area contributed by atoms with Gasteiger partial charge in [0.2, 0.25) is 5.95 Å². The number of fused-ring (bicyclic) bond motifs is 1. The summed E-state index contributed by atoms with van der Waals surface area (Å²) in [5, 5.41) is 12.7. The van der Waals surface area contributed by atoms with Crippen LogP contribution in [0.1, 0.15) is 42.0 Å². The Bertz CT molecular complexity index is 1310. The number of hydrogen-bond donors (Lipinski definition) is 2. The van der Waals surface area contributed by atoms with Crippen molar-refractivity contribution in [2.45, 2.75) is 42.9 Å². The van der Waals surface area contributed by atoms with Gasteiger partial charge in [0.1, 0.15) is 10.7 Å². The summed E-state index contributed by atoms with van der Waals surface area (Å²) in [5.41, 5.74) is 2.52. The number of benzene rings is 2. The molecule has 0 spiro atoms. The molecule has 7 nitrogen and oxygen atoms in total. The van der Waals surface area contributed by atoms with Crippen molar-refractivity contribution < 1.29 is 18.5 Å². The topological polar surface area (TPSA) is 95.4 Å². The van der Waals surface area contributed by atoms with E-state index in [9.17, 15) is 13.4 Å². The molecule has 36 heavy (non-hydrogen) atoms. The second-order valence-electron chi connectivity index (χ2n) is 9.12. The van der Waals surface area contributed by atoms with E-state index in [0.717, 1.165) is 43.1 Å². The van der Waals surface area contributed by atoms with Crippen molar-refractivity contribution in [1.82, 2.24) is 9.97 Å². The van der Waals surface area contributed by atoms with E-state index in [1.54, 1.807) is 6.07 Å². The van der Waals surface area contributed by atoms with E-state index in [2.05, 4.69) is 22.3 Å². The van der Waals surface area contributed by atoms with Crippen LogP contribution >= 0.6 is 11.6 Å². The molecule has 10 heteroatoms. The van der Waals surface area contributed by atoms with E-state index < -0.39 is 22.6 Å². The molecule has 0 saturated carbocycles. The maximum Gasteiger partial charge on any atom is 0.307 e. The van der Waals surface area contributed by atoms with Crippen LogP contribution in [0, 0.1) is 5.82 Å². The summed E-state index contributed by atoms with van der Waals surface area (Å²) >= 11 is 6.03. The lowest BCUT2D eigenvalue weighted by Crippen LogP contribution is -2.35. The minimum Gasteiger partial charge on any atom is -0.481 e. The summed E-state index contributed by atoms with van der Waals surface area (Å²) in [4.78, 5) is 23.1. The predicted octanol–water partition coefficient (Wildman–Crippen LogP) is 5.08. The van der Waals surface area contributed by atoms with Crippen LogP contribution in [0.4, 0.5) is 21.8 Å². The minimum absolute atomic E-state index is 0.153. The molecule has 3 heterocycles. The molecule has 0 unspecified atom stereocenters. The van der Waals surface area contributed by atoms with Crippen LogP contribution in [-0.2, 0) is 28.4 Å². The van der Waals surface area contributed by atoms with Crippen LogP contribution in [0.25, 0.3) is 0 Å². The monoisotopic (exact) mass is 528 g/mol. The largest absolute Gasteiger partial charge is 0.481 e. The highest BCUT2D eigenvalue weighted by Crippen LogP contribution is 2.34. The van der Waals surface area contributed by atoms with Crippen molar-refractivity contribution in [3.8, 4) is 0 Å².